The fraction of sp³-hybridized carbons (Fsp3) is 0.167. The van der Waals surface area contributed by atoms with E-state index < -0.39 is 5.97 Å². The summed E-state index contributed by atoms with van der Waals surface area (Å²) in [7, 11) is 0. The normalized spacial score (nSPS) is 12.3. The van der Waals surface area contributed by atoms with Crippen LogP contribution in [0.2, 0.25) is 0 Å². The molecule has 0 fully saturated rings. The van der Waals surface area contributed by atoms with E-state index in [4.69, 9.17) is 14.2 Å². The number of hydrogen-bond acceptors (Lipinski definition) is 6. The van der Waals surface area contributed by atoms with Gasteiger partial charge in [0.15, 0.2) is 23.9 Å². The molecule has 0 spiro atoms. The van der Waals surface area contributed by atoms with E-state index in [2.05, 4.69) is 0 Å². The summed E-state index contributed by atoms with van der Waals surface area (Å²) in [5.41, 5.74) is 1.11. The summed E-state index contributed by atoms with van der Waals surface area (Å²) in [6, 6.07) is 10.8. The number of rotatable bonds is 5. The van der Waals surface area contributed by atoms with Gasteiger partial charge in [-0.05, 0) is 30.3 Å². The molecule has 0 atom stereocenters. The van der Waals surface area contributed by atoms with Crippen LogP contribution in [-0.2, 0) is 4.74 Å². The zero-order valence-corrected chi connectivity index (χ0v) is 12.7. The van der Waals surface area contributed by atoms with Gasteiger partial charge in [0.25, 0.3) is 0 Å². The molecule has 0 bridgehead atoms. The lowest BCUT2D eigenvalue weighted by Gasteiger charge is -2.18. The minimum Gasteiger partial charge on any atom is -0.486 e. The largest absolute Gasteiger partial charge is 0.486 e. The molecule has 0 saturated carbocycles. The number of benzene rings is 2. The van der Waals surface area contributed by atoms with Crippen LogP contribution < -0.4 is 9.47 Å². The first-order valence-corrected chi connectivity index (χ1v) is 7.32. The van der Waals surface area contributed by atoms with Gasteiger partial charge in [-0.2, -0.15) is 0 Å². The van der Waals surface area contributed by atoms with Gasteiger partial charge in [0.1, 0.15) is 19.5 Å². The van der Waals surface area contributed by atoms with Crippen molar-refractivity contribution >= 4 is 18.0 Å². The van der Waals surface area contributed by atoms with Crippen LogP contribution in [0, 0.1) is 0 Å². The van der Waals surface area contributed by atoms with E-state index >= 15 is 0 Å². The highest BCUT2D eigenvalue weighted by atomic mass is 16.6. The molecule has 6 heteroatoms. The average molecular weight is 326 g/mol. The SMILES string of the molecule is O=Cc1ccc(C(=O)OCC(=O)c2ccc3c(c2)OCCO3)cc1. The Morgan fingerprint density at radius 3 is 2.33 bits per heavy atom. The summed E-state index contributed by atoms with van der Waals surface area (Å²) in [5.74, 6) is 0.121. The summed E-state index contributed by atoms with van der Waals surface area (Å²) in [4.78, 5) is 34.6. The van der Waals surface area contributed by atoms with Crippen molar-refractivity contribution in [3.63, 3.8) is 0 Å². The van der Waals surface area contributed by atoms with Crippen LogP contribution in [0.1, 0.15) is 31.1 Å². The first kappa shape index (κ1) is 15.7. The van der Waals surface area contributed by atoms with Crippen molar-refractivity contribution in [2.75, 3.05) is 19.8 Å². The molecule has 0 N–H and O–H groups in total. The number of carbonyl (C=O) groups excluding carboxylic acids is 3. The molecule has 0 saturated heterocycles. The van der Waals surface area contributed by atoms with Crippen LogP contribution >= 0.6 is 0 Å². The third kappa shape index (κ3) is 3.43. The van der Waals surface area contributed by atoms with E-state index in [1.165, 1.54) is 24.3 Å². The number of carbonyl (C=O) groups is 3. The fourth-order valence-electron chi connectivity index (χ4n) is 2.21. The third-order valence-electron chi connectivity index (χ3n) is 3.48. The van der Waals surface area contributed by atoms with Crippen molar-refractivity contribution in [3.05, 3.63) is 59.2 Å². The van der Waals surface area contributed by atoms with Crippen molar-refractivity contribution in [3.8, 4) is 11.5 Å². The van der Waals surface area contributed by atoms with E-state index in [-0.39, 0.29) is 18.0 Å². The summed E-state index contributed by atoms with van der Waals surface area (Å²) in [5, 5.41) is 0. The van der Waals surface area contributed by atoms with Gasteiger partial charge in [-0.25, -0.2) is 4.79 Å². The van der Waals surface area contributed by atoms with Gasteiger partial charge in [-0.3, -0.25) is 9.59 Å². The van der Waals surface area contributed by atoms with Crippen molar-refractivity contribution in [2.45, 2.75) is 0 Å². The van der Waals surface area contributed by atoms with Gasteiger partial charge in [0.2, 0.25) is 0 Å². The predicted molar refractivity (Wildman–Crippen MR) is 83.9 cm³/mol. The second-order valence-corrected chi connectivity index (χ2v) is 5.10. The van der Waals surface area contributed by atoms with Crippen molar-refractivity contribution in [1.29, 1.82) is 0 Å². The lowest BCUT2D eigenvalue weighted by Crippen LogP contribution is -2.17. The molecule has 1 heterocycles. The molecule has 2 aromatic carbocycles. The first-order valence-electron chi connectivity index (χ1n) is 7.32. The summed E-state index contributed by atoms with van der Waals surface area (Å²) in [6.07, 6.45) is 0.681. The van der Waals surface area contributed by atoms with E-state index in [0.29, 0.717) is 42.1 Å². The molecule has 1 aliphatic rings. The smallest absolute Gasteiger partial charge is 0.338 e. The second kappa shape index (κ2) is 6.95. The monoisotopic (exact) mass is 326 g/mol. The van der Waals surface area contributed by atoms with Crippen LogP contribution in [-0.4, -0.2) is 37.9 Å². The van der Waals surface area contributed by atoms with Gasteiger partial charge < -0.3 is 14.2 Å². The van der Waals surface area contributed by atoms with E-state index in [0.717, 1.165) is 0 Å². The Balaban J connectivity index is 1.62. The van der Waals surface area contributed by atoms with Crippen LogP contribution in [0.3, 0.4) is 0 Å². The highest BCUT2D eigenvalue weighted by Crippen LogP contribution is 2.30. The van der Waals surface area contributed by atoms with Gasteiger partial charge >= 0.3 is 5.97 Å². The van der Waals surface area contributed by atoms with E-state index in [9.17, 15) is 14.4 Å². The molecule has 2 aromatic rings. The maximum Gasteiger partial charge on any atom is 0.338 e. The Bertz CT molecular complexity index is 779. The number of hydrogen-bond donors (Lipinski definition) is 0. The Kier molecular flexibility index (Phi) is 4.56. The molecular weight excluding hydrogens is 312 g/mol. The van der Waals surface area contributed by atoms with Crippen LogP contribution in [0.15, 0.2) is 42.5 Å². The maximum atomic E-state index is 12.1. The minimum absolute atomic E-state index is 0.274. The molecule has 0 radical (unpaired) electrons. The van der Waals surface area contributed by atoms with E-state index in [1.807, 2.05) is 0 Å². The minimum atomic E-state index is -0.627. The van der Waals surface area contributed by atoms with Crippen molar-refractivity contribution in [2.24, 2.45) is 0 Å². The molecule has 24 heavy (non-hydrogen) atoms. The zero-order valence-electron chi connectivity index (χ0n) is 12.7. The first-order chi connectivity index (χ1) is 11.7. The third-order valence-corrected chi connectivity index (χ3v) is 3.48. The lowest BCUT2D eigenvalue weighted by molar-refractivity contribution is 0.0474. The quantitative estimate of drug-likeness (QED) is 0.476. The molecule has 0 amide bonds. The molecular formula is C18H14O6. The average Bonchev–Trinajstić information content (AvgIpc) is 2.65. The van der Waals surface area contributed by atoms with E-state index in [1.54, 1.807) is 18.2 Å². The van der Waals surface area contributed by atoms with Crippen LogP contribution in [0.5, 0.6) is 11.5 Å². The molecule has 0 aliphatic carbocycles. The van der Waals surface area contributed by atoms with Gasteiger partial charge in [-0.15, -0.1) is 0 Å². The Labute approximate surface area is 137 Å². The summed E-state index contributed by atoms with van der Waals surface area (Å²) >= 11 is 0. The number of ether oxygens (including phenoxy) is 3. The maximum absolute atomic E-state index is 12.1. The van der Waals surface area contributed by atoms with Gasteiger partial charge in [0.05, 0.1) is 5.56 Å². The molecule has 0 aromatic heterocycles. The summed E-state index contributed by atoms with van der Waals surface area (Å²) in [6.45, 7) is 0.519. The van der Waals surface area contributed by atoms with Crippen molar-refractivity contribution < 1.29 is 28.6 Å². The van der Waals surface area contributed by atoms with Gasteiger partial charge in [-0.1, -0.05) is 12.1 Å². The standard InChI is InChI=1S/C18H14O6/c19-10-12-1-3-13(4-2-12)18(21)24-11-15(20)14-5-6-16-17(9-14)23-8-7-22-16/h1-6,9-10H,7-8,11H2. The Morgan fingerprint density at radius 2 is 1.62 bits per heavy atom. The fourth-order valence-corrected chi connectivity index (χ4v) is 2.21. The van der Waals surface area contributed by atoms with Crippen molar-refractivity contribution in [1.82, 2.24) is 0 Å². The molecule has 122 valence electrons. The highest BCUT2D eigenvalue weighted by molar-refractivity contribution is 6.00. The molecule has 6 nitrogen and oxygen atoms in total. The molecule has 0 unspecified atom stereocenters. The number of Topliss-reactive ketones (excluding diaryl/α,β-unsaturated/α-hetero) is 1. The molecule has 1 aliphatic heterocycles. The Morgan fingerprint density at radius 1 is 0.958 bits per heavy atom. The summed E-state index contributed by atoms with van der Waals surface area (Å²) < 4.78 is 15.8. The topological polar surface area (TPSA) is 78.9 Å². The predicted octanol–water partition coefficient (Wildman–Crippen LogP) is 2.31. The van der Waals surface area contributed by atoms with Crippen LogP contribution in [0.25, 0.3) is 0 Å². The van der Waals surface area contributed by atoms with Crippen LogP contribution in [0.4, 0.5) is 0 Å². The Hall–Kier alpha value is -3.15. The second-order valence-electron chi connectivity index (χ2n) is 5.10. The number of aldehydes is 1. The highest BCUT2D eigenvalue weighted by Gasteiger charge is 2.16. The number of ketones is 1. The lowest BCUT2D eigenvalue weighted by atomic mass is 10.1. The molecule has 3 rings (SSSR count). The van der Waals surface area contributed by atoms with Gasteiger partial charge in [0, 0.05) is 11.1 Å². The zero-order chi connectivity index (χ0) is 16.9. The number of fused-ring (bicyclic) bond motifs is 1. The number of esters is 1.